The average Bonchev–Trinajstić information content (AvgIpc) is 3.30. The van der Waals surface area contributed by atoms with Crippen LogP contribution in [0.1, 0.15) is 41.0 Å². The molecule has 0 spiro atoms. The molecule has 1 unspecified atom stereocenters. The van der Waals surface area contributed by atoms with Crippen molar-refractivity contribution in [2.24, 2.45) is 0 Å². The van der Waals surface area contributed by atoms with Crippen LogP contribution in [-0.4, -0.2) is 46.7 Å². The molecule has 0 saturated heterocycles. The summed E-state index contributed by atoms with van der Waals surface area (Å²) in [5.41, 5.74) is 6.19. The highest BCUT2D eigenvalue weighted by Gasteiger charge is 2.27. The fraction of sp³-hybridized carbons (Fsp3) is 0.367. The molecule has 2 aliphatic rings. The Kier molecular flexibility index (Phi) is 7.70. The van der Waals surface area contributed by atoms with Crippen molar-refractivity contribution in [3.63, 3.8) is 0 Å². The van der Waals surface area contributed by atoms with Crippen LogP contribution in [-0.2, 0) is 32.6 Å². The molecule has 0 aromatic heterocycles. The summed E-state index contributed by atoms with van der Waals surface area (Å²) in [6.45, 7) is 3.63. The van der Waals surface area contributed by atoms with Crippen LogP contribution in [0.5, 0.6) is 23.0 Å². The molecule has 1 atom stereocenters. The summed E-state index contributed by atoms with van der Waals surface area (Å²) < 4.78 is 51.2. The number of hydrogen-bond donors (Lipinski definition) is 0. The third kappa shape index (κ3) is 6.30. The van der Waals surface area contributed by atoms with Crippen molar-refractivity contribution in [2.75, 3.05) is 32.3 Å². The quantitative estimate of drug-likeness (QED) is 0.257. The molecule has 0 N–H and O–H groups in total. The van der Waals surface area contributed by atoms with Crippen molar-refractivity contribution in [3.8, 4) is 34.1 Å². The number of ether oxygens (including phenoxy) is 5. The van der Waals surface area contributed by atoms with Crippen LogP contribution in [0, 0.1) is 6.92 Å². The SMILES string of the molecule is COC(=O)CC1COc2cc(OCc3ccc4c(c3)-c3c(C)cc(OCCCS(C)(=O)=O)cc3CO4)ccc21. The van der Waals surface area contributed by atoms with Gasteiger partial charge in [0.1, 0.15) is 46.0 Å². The summed E-state index contributed by atoms with van der Waals surface area (Å²) in [6.07, 6.45) is 1.97. The molecule has 0 amide bonds. The maximum atomic E-state index is 11.7. The largest absolute Gasteiger partial charge is 0.494 e. The van der Waals surface area contributed by atoms with E-state index in [1.807, 2.05) is 49.4 Å². The molecule has 2 heterocycles. The lowest BCUT2D eigenvalue weighted by molar-refractivity contribution is -0.141. The Hall–Kier alpha value is -3.72. The van der Waals surface area contributed by atoms with Gasteiger partial charge in [-0.15, -0.1) is 0 Å². The second-order valence-corrected chi connectivity index (χ2v) is 12.3. The zero-order chi connectivity index (χ0) is 27.6. The Morgan fingerprint density at radius 2 is 1.85 bits per heavy atom. The number of rotatable bonds is 10. The monoisotopic (exact) mass is 552 g/mol. The van der Waals surface area contributed by atoms with Crippen LogP contribution in [0.2, 0.25) is 0 Å². The number of hydrogen-bond acceptors (Lipinski definition) is 8. The molecule has 39 heavy (non-hydrogen) atoms. The summed E-state index contributed by atoms with van der Waals surface area (Å²) in [5, 5.41) is 0. The molecule has 9 heteroatoms. The molecule has 0 fully saturated rings. The third-order valence-corrected chi connectivity index (χ3v) is 7.96. The van der Waals surface area contributed by atoms with Gasteiger partial charge in [0, 0.05) is 34.9 Å². The Labute approximate surface area is 228 Å². The lowest BCUT2D eigenvalue weighted by atomic mass is 9.91. The first kappa shape index (κ1) is 26.9. The van der Waals surface area contributed by atoms with Gasteiger partial charge in [-0.25, -0.2) is 8.42 Å². The highest BCUT2D eigenvalue weighted by molar-refractivity contribution is 7.90. The van der Waals surface area contributed by atoms with Crippen molar-refractivity contribution < 1.29 is 36.9 Å². The molecule has 206 valence electrons. The fourth-order valence-electron chi connectivity index (χ4n) is 5.03. The van der Waals surface area contributed by atoms with Crippen molar-refractivity contribution in [2.45, 2.75) is 38.9 Å². The van der Waals surface area contributed by atoms with E-state index in [-0.39, 0.29) is 17.6 Å². The van der Waals surface area contributed by atoms with Crippen molar-refractivity contribution in [1.82, 2.24) is 0 Å². The predicted molar refractivity (Wildman–Crippen MR) is 146 cm³/mol. The summed E-state index contributed by atoms with van der Waals surface area (Å²) in [4.78, 5) is 11.7. The fourth-order valence-corrected chi connectivity index (χ4v) is 5.67. The lowest BCUT2D eigenvalue weighted by Gasteiger charge is -2.24. The molecule has 0 bridgehead atoms. The number of benzene rings is 3. The van der Waals surface area contributed by atoms with Crippen molar-refractivity contribution in [3.05, 3.63) is 70.8 Å². The second-order valence-electron chi connectivity index (χ2n) is 10.0. The number of methoxy groups -OCH3 is 1. The van der Waals surface area contributed by atoms with Crippen LogP contribution in [0.4, 0.5) is 0 Å². The van der Waals surface area contributed by atoms with E-state index in [0.717, 1.165) is 44.9 Å². The molecule has 3 aromatic carbocycles. The standard InChI is InChI=1S/C30H32O8S/c1-19-11-24(35-9-4-10-39(3,32)33)13-22-18-37-27-8-5-20(12-26(27)30(19)22)16-36-23-6-7-25-21(14-29(31)34-2)17-38-28(25)15-23/h5-8,11-13,15,21H,4,9-10,14,16-18H2,1-3H3. The Morgan fingerprint density at radius 1 is 1.00 bits per heavy atom. The number of carbonyl (C=O) groups excluding carboxylic acids is 1. The third-order valence-electron chi connectivity index (χ3n) is 6.93. The van der Waals surface area contributed by atoms with E-state index in [1.54, 1.807) is 0 Å². The number of fused-ring (bicyclic) bond motifs is 4. The number of esters is 1. The van der Waals surface area contributed by atoms with Gasteiger partial charge in [0.25, 0.3) is 0 Å². The molecule has 2 aliphatic heterocycles. The Balaban J connectivity index is 1.27. The van der Waals surface area contributed by atoms with E-state index in [9.17, 15) is 13.2 Å². The van der Waals surface area contributed by atoms with Crippen molar-refractivity contribution in [1.29, 1.82) is 0 Å². The first-order chi connectivity index (χ1) is 18.7. The summed E-state index contributed by atoms with van der Waals surface area (Å²) >= 11 is 0. The Bertz CT molecular complexity index is 1500. The Morgan fingerprint density at radius 3 is 2.64 bits per heavy atom. The highest BCUT2D eigenvalue weighted by atomic mass is 32.2. The maximum Gasteiger partial charge on any atom is 0.306 e. The molecule has 5 rings (SSSR count). The lowest BCUT2D eigenvalue weighted by Crippen LogP contribution is -2.10. The minimum atomic E-state index is -3.00. The van der Waals surface area contributed by atoms with Gasteiger partial charge in [0.2, 0.25) is 0 Å². The van der Waals surface area contributed by atoms with Gasteiger partial charge in [-0.1, -0.05) is 12.1 Å². The minimum Gasteiger partial charge on any atom is -0.494 e. The zero-order valence-electron chi connectivity index (χ0n) is 22.3. The van der Waals surface area contributed by atoms with E-state index < -0.39 is 9.84 Å². The first-order valence-corrected chi connectivity index (χ1v) is 14.9. The van der Waals surface area contributed by atoms with E-state index >= 15 is 0 Å². The second kappa shape index (κ2) is 11.2. The topological polar surface area (TPSA) is 97.4 Å². The van der Waals surface area contributed by atoms with Gasteiger partial charge in [0.15, 0.2) is 0 Å². The molecule has 0 aliphatic carbocycles. The van der Waals surface area contributed by atoms with E-state index in [0.29, 0.717) is 50.8 Å². The normalized spacial score (nSPS) is 15.3. The maximum absolute atomic E-state index is 11.7. The molecule has 8 nitrogen and oxygen atoms in total. The van der Waals surface area contributed by atoms with Gasteiger partial charge in [-0.2, -0.15) is 0 Å². The van der Waals surface area contributed by atoms with Crippen LogP contribution in [0.15, 0.2) is 48.5 Å². The van der Waals surface area contributed by atoms with E-state index in [1.165, 1.54) is 13.4 Å². The minimum absolute atomic E-state index is 0.0103. The molecular formula is C30H32O8S. The van der Waals surface area contributed by atoms with Crippen LogP contribution < -0.4 is 18.9 Å². The average molecular weight is 553 g/mol. The summed E-state index contributed by atoms with van der Waals surface area (Å²) in [5.74, 6) is 2.79. The van der Waals surface area contributed by atoms with Gasteiger partial charge >= 0.3 is 5.97 Å². The summed E-state index contributed by atoms with van der Waals surface area (Å²) in [7, 11) is -1.61. The predicted octanol–water partition coefficient (Wildman–Crippen LogP) is 4.99. The zero-order valence-corrected chi connectivity index (χ0v) is 23.1. The van der Waals surface area contributed by atoms with Crippen LogP contribution >= 0.6 is 0 Å². The molecule has 0 radical (unpaired) electrons. The van der Waals surface area contributed by atoms with Gasteiger partial charge in [-0.05, 0) is 60.4 Å². The van der Waals surface area contributed by atoms with Crippen LogP contribution in [0.25, 0.3) is 11.1 Å². The van der Waals surface area contributed by atoms with Gasteiger partial charge in [0.05, 0.1) is 32.5 Å². The number of carbonyl (C=O) groups is 1. The molecule has 0 saturated carbocycles. The summed E-state index contributed by atoms with van der Waals surface area (Å²) in [6, 6.07) is 15.7. The molecule has 3 aromatic rings. The van der Waals surface area contributed by atoms with Crippen LogP contribution in [0.3, 0.4) is 0 Å². The van der Waals surface area contributed by atoms with Gasteiger partial charge < -0.3 is 23.7 Å². The number of aryl methyl sites for hydroxylation is 1. The smallest absolute Gasteiger partial charge is 0.306 e. The van der Waals surface area contributed by atoms with Gasteiger partial charge in [-0.3, -0.25) is 4.79 Å². The van der Waals surface area contributed by atoms with E-state index in [4.69, 9.17) is 23.7 Å². The van der Waals surface area contributed by atoms with E-state index in [2.05, 4.69) is 6.07 Å². The van der Waals surface area contributed by atoms with Crippen molar-refractivity contribution >= 4 is 15.8 Å². The first-order valence-electron chi connectivity index (χ1n) is 12.9. The molecular weight excluding hydrogens is 520 g/mol. The highest BCUT2D eigenvalue weighted by Crippen LogP contribution is 2.42. The number of sulfone groups is 1.